The number of thioether (sulfide) groups is 1. The van der Waals surface area contributed by atoms with E-state index in [1.54, 1.807) is 18.2 Å². The number of hydrogen-bond acceptors (Lipinski definition) is 4. The maximum absolute atomic E-state index is 14.2. The third-order valence-corrected chi connectivity index (χ3v) is 4.77. The van der Waals surface area contributed by atoms with Crippen LogP contribution in [0, 0.1) is 5.82 Å². The molecule has 18 heavy (non-hydrogen) atoms. The highest BCUT2D eigenvalue weighted by Crippen LogP contribution is 2.36. The first kappa shape index (κ1) is 13.6. The molecule has 1 aliphatic rings. The smallest absolute Gasteiger partial charge is 0.169 e. The van der Waals surface area contributed by atoms with E-state index in [1.165, 1.54) is 20.0 Å². The molecule has 2 unspecified atom stereocenters. The van der Waals surface area contributed by atoms with Crippen LogP contribution in [0.2, 0.25) is 0 Å². The van der Waals surface area contributed by atoms with E-state index in [4.69, 9.17) is 10.6 Å². The number of methoxy groups -OCH3 is 1. The van der Waals surface area contributed by atoms with Crippen LogP contribution in [0.25, 0.3) is 0 Å². The van der Waals surface area contributed by atoms with E-state index >= 15 is 0 Å². The first-order chi connectivity index (χ1) is 8.77. The molecule has 2 rings (SSSR count). The maximum Gasteiger partial charge on any atom is 0.169 e. The number of nitrogens with two attached hydrogens (primary N) is 1. The first-order valence-electron chi connectivity index (χ1n) is 6.18. The van der Waals surface area contributed by atoms with Gasteiger partial charge >= 0.3 is 0 Å². The Balaban J connectivity index is 2.26. The van der Waals surface area contributed by atoms with E-state index in [0.717, 1.165) is 12.2 Å². The van der Waals surface area contributed by atoms with Gasteiger partial charge in [-0.05, 0) is 24.7 Å². The third-order valence-electron chi connectivity index (χ3n) is 3.31. The second kappa shape index (κ2) is 6.41. The predicted molar refractivity (Wildman–Crippen MR) is 73.1 cm³/mol. The molecule has 5 heteroatoms. The second-order valence-electron chi connectivity index (χ2n) is 4.41. The lowest BCUT2D eigenvalue weighted by molar-refractivity contribution is 0.377. The fraction of sp³-hybridized carbons (Fsp3) is 0.538. The van der Waals surface area contributed by atoms with Gasteiger partial charge in [-0.15, -0.1) is 0 Å². The summed E-state index contributed by atoms with van der Waals surface area (Å²) in [6.45, 7) is 0. The summed E-state index contributed by atoms with van der Waals surface area (Å²) in [5.74, 6) is 6.71. The highest BCUT2D eigenvalue weighted by atomic mass is 32.2. The van der Waals surface area contributed by atoms with Gasteiger partial charge in [0.25, 0.3) is 0 Å². The summed E-state index contributed by atoms with van der Waals surface area (Å²) < 4.78 is 19.3. The van der Waals surface area contributed by atoms with E-state index in [-0.39, 0.29) is 17.6 Å². The Morgan fingerprint density at radius 2 is 2.33 bits per heavy atom. The average molecular weight is 270 g/mol. The Kier molecular flexibility index (Phi) is 4.86. The summed E-state index contributed by atoms with van der Waals surface area (Å²) >= 11 is 1.86. The number of benzene rings is 1. The van der Waals surface area contributed by atoms with Crippen LogP contribution in [-0.4, -0.2) is 18.1 Å². The largest absolute Gasteiger partial charge is 0.494 e. The standard InChI is InChI=1S/C13H19FN2OS/c1-17-10-6-4-5-9(12(10)14)13(16-15)11-7-2-3-8-18-11/h4-6,11,13,16H,2-3,7-8,15H2,1H3. The van der Waals surface area contributed by atoms with Gasteiger partial charge in [-0.1, -0.05) is 18.6 Å². The van der Waals surface area contributed by atoms with Gasteiger partial charge in [-0.2, -0.15) is 11.8 Å². The number of hydrazine groups is 1. The molecule has 1 saturated heterocycles. The van der Waals surface area contributed by atoms with Crippen LogP contribution >= 0.6 is 11.8 Å². The number of rotatable bonds is 4. The molecule has 0 aromatic heterocycles. The molecular weight excluding hydrogens is 251 g/mol. The molecule has 1 aliphatic heterocycles. The van der Waals surface area contributed by atoms with Gasteiger partial charge in [0.05, 0.1) is 13.2 Å². The van der Waals surface area contributed by atoms with E-state index in [1.807, 2.05) is 11.8 Å². The minimum atomic E-state index is -0.311. The molecule has 0 aliphatic carbocycles. The molecule has 100 valence electrons. The third kappa shape index (κ3) is 2.79. The Hall–Kier alpha value is -0.780. The van der Waals surface area contributed by atoms with Crippen molar-refractivity contribution in [3.05, 3.63) is 29.6 Å². The van der Waals surface area contributed by atoms with Crippen molar-refractivity contribution < 1.29 is 9.13 Å². The number of hydrogen-bond donors (Lipinski definition) is 2. The molecule has 2 atom stereocenters. The van der Waals surface area contributed by atoms with E-state index in [9.17, 15) is 4.39 Å². The minimum Gasteiger partial charge on any atom is -0.494 e. The lowest BCUT2D eigenvalue weighted by Crippen LogP contribution is -2.36. The van der Waals surface area contributed by atoms with Crippen LogP contribution in [-0.2, 0) is 0 Å². The van der Waals surface area contributed by atoms with Crippen molar-refractivity contribution in [2.75, 3.05) is 12.9 Å². The van der Waals surface area contributed by atoms with Crippen LogP contribution in [0.5, 0.6) is 5.75 Å². The molecule has 3 N–H and O–H groups in total. The molecule has 0 amide bonds. The molecule has 1 heterocycles. The van der Waals surface area contributed by atoms with Crippen molar-refractivity contribution in [1.82, 2.24) is 5.43 Å². The zero-order chi connectivity index (χ0) is 13.0. The second-order valence-corrected chi connectivity index (χ2v) is 5.76. The van der Waals surface area contributed by atoms with Crippen LogP contribution < -0.4 is 16.0 Å². The van der Waals surface area contributed by atoms with Gasteiger partial charge in [0, 0.05) is 10.8 Å². The van der Waals surface area contributed by atoms with Crippen molar-refractivity contribution in [2.24, 2.45) is 5.84 Å². The fourth-order valence-electron chi connectivity index (χ4n) is 2.35. The van der Waals surface area contributed by atoms with Crippen molar-refractivity contribution in [2.45, 2.75) is 30.6 Å². The Morgan fingerprint density at radius 1 is 1.50 bits per heavy atom. The Morgan fingerprint density at radius 3 is 2.94 bits per heavy atom. The highest BCUT2D eigenvalue weighted by Gasteiger charge is 2.27. The molecule has 1 aromatic rings. The summed E-state index contributed by atoms with van der Waals surface area (Å²) in [5, 5.41) is 0.324. The van der Waals surface area contributed by atoms with Crippen molar-refractivity contribution in [1.29, 1.82) is 0 Å². The maximum atomic E-state index is 14.2. The minimum absolute atomic E-state index is 0.162. The Bertz CT molecular complexity index is 397. The van der Waals surface area contributed by atoms with Crippen LogP contribution in [0.1, 0.15) is 30.9 Å². The average Bonchev–Trinajstić information content (AvgIpc) is 2.43. The quantitative estimate of drug-likeness (QED) is 0.652. The van der Waals surface area contributed by atoms with Crippen molar-refractivity contribution in [3.8, 4) is 5.75 Å². The van der Waals surface area contributed by atoms with Crippen molar-refractivity contribution in [3.63, 3.8) is 0 Å². The van der Waals surface area contributed by atoms with E-state index < -0.39 is 0 Å². The summed E-state index contributed by atoms with van der Waals surface area (Å²) in [4.78, 5) is 0. The predicted octanol–water partition coefficient (Wildman–Crippen LogP) is 2.62. The molecule has 1 aromatic carbocycles. The molecule has 0 spiro atoms. The molecular formula is C13H19FN2OS. The van der Waals surface area contributed by atoms with Gasteiger partial charge in [0.1, 0.15) is 0 Å². The molecule has 0 bridgehead atoms. The lowest BCUT2D eigenvalue weighted by Gasteiger charge is -2.30. The monoisotopic (exact) mass is 270 g/mol. The normalized spacial score (nSPS) is 21.6. The highest BCUT2D eigenvalue weighted by molar-refractivity contribution is 8.00. The van der Waals surface area contributed by atoms with E-state index in [0.29, 0.717) is 10.8 Å². The first-order valence-corrected chi connectivity index (χ1v) is 7.23. The van der Waals surface area contributed by atoms with Crippen molar-refractivity contribution >= 4 is 11.8 Å². The molecule has 0 saturated carbocycles. The number of ether oxygens (including phenoxy) is 1. The summed E-state index contributed by atoms with van der Waals surface area (Å²) in [6.07, 6.45) is 3.48. The SMILES string of the molecule is COc1cccc(C(NN)C2CCCCS2)c1F. The van der Waals surface area contributed by atoms with Crippen LogP contribution in [0.15, 0.2) is 18.2 Å². The fourth-order valence-corrected chi connectivity index (χ4v) is 3.78. The Labute approximate surface area is 111 Å². The number of nitrogens with one attached hydrogen (secondary N) is 1. The summed E-state index contributed by atoms with van der Waals surface area (Å²) in [6, 6.07) is 5.04. The summed E-state index contributed by atoms with van der Waals surface area (Å²) in [7, 11) is 1.47. The van der Waals surface area contributed by atoms with Crippen LogP contribution in [0.4, 0.5) is 4.39 Å². The van der Waals surface area contributed by atoms with Gasteiger partial charge in [-0.25, -0.2) is 4.39 Å². The molecule has 0 radical (unpaired) electrons. The molecule has 1 fully saturated rings. The lowest BCUT2D eigenvalue weighted by atomic mass is 9.99. The van der Waals surface area contributed by atoms with Gasteiger partial charge < -0.3 is 4.74 Å². The van der Waals surface area contributed by atoms with Gasteiger partial charge in [-0.3, -0.25) is 11.3 Å². The number of halogens is 1. The van der Waals surface area contributed by atoms with Crippen LogP contribution in [0.3, 0.4) is 0 Å². The topological polar surface area (TPSA) is 47.3 Å². The summed E-state index contributed by atoms with van der Waals surface area (Å²) in [5.41, 5.74) is 3.36. The molecule has 3 nitrogen and oxygen atoms in total. The zero-order valence-corrected chi connectivity index (χ0v) is 11.3. The van der Waals surface area contributed by atoms with E-state index in [2.05, 4.69) is 5.43 Å². The zero-order valence-electron chi connectivity index (χ0n) is 10.5. The van der Waals surface area contributed by atoms with Gasteiger partial charge in [0.2, 0.25) is 0 Å². The van der Waals surface area contributed by atoms with Gasteiger partial charge in [0.15, 0.2) is 11.6 Å².